The largest absolute Gasteiger partial charge is 0.377 e. The monoisotopic (exact) mass is 469 g/mol. The zero-order valence-corrected chi connectivity index (χ0v) is 20.9. The first-order valence-electron chi connectivity index (χ1n) is 12.4. The number of amides is 2. The number of nitrogens with one attached hydrogen (secondary N) is 1. The van der Waals surface area contributed by atoms with E-state index in [4.69, 9.17) is 0 Å². The molecular formula is C30H35N3O2. The standard InChI is InChI=1S/C30H35N3O2/c1-4-27(23-13-9-6-10-14-23)30(35)33(20-22-11-7-5-8-12-22)21-25-19-26(17-18-28(25)32(2)3)31-29(34)24-15-16-24/h5-14,17-19,24,27H,4,15-16,20-21H2,1-3H3,(H,31,34)/t27-/m0/s1. The molecule has 3 aromatic rings. The predicted octanol–water partition coefficient (Wildman–Crippen LogP) is 5.82. The van der Waals surface area contributed by atoms with Crippen LogP contribution in [-0.4, -0.2) is 30.8 Å². The fourth-order valence-electron chi connectivity index (χ4n) is 4.50. The van der Waals surface area contributed by atoms with Crippen molar-refractivity contribution in [3.63, 3.8) is 0 Å². The highest BCUT2D eigenvalue weighted by Crippen LogP contribution is 2.32. The van der Waals surface area contributed by atoms with Gasteiger partial charge in [-0.2, -0.15) is 0 Å². The molecule has 182 valence electrons. The highest BCUT2D eigenvalue weighted by atomic mass is 16.2. The lowest BCUT2D eigenvalue weighted by atomic mass is 9.94. The van der Waals surface area contributed by atoms with E-state index >= 15 is 0 Å². The Morgan fingerprint density at radius 3 is 2.17 bits per heavy atom. The van der Waals surface area contributed by atoms with Crippen LogP contribution in [0.25, 0.3) is 0 Å². The minimum atomic E-state index is -0.208. The second-order valence-corrected chi connectivity index (χ2v) is 9.55. The molecule has 0 spiro atoms. The zero-order chi connectivity index (χ0) is 24.8. The van der Waals surface area contributed by atoms with Crippen LogP contribution >= 0.6 is 0 Å². The van der Waals surface area contributed by atoms with Gasteiger partial charge in [-0.3, -0.25) is 9.59 Å². The van der Waals surface area contributed by atoms with Crippen molar-refractivity contribution in [2.75, 3.05) is 24.3 Å². The average Bonchev–Trinajstić information content (AvgIpc) is 3.71. The molecule has 2 amide bonds. The minimum Gasteiger partial charge on any atom is -0.377 e. The SMILES string of the molecule is CC[C@H](C(=O)N(Cc1ccccc1)Cc1cc(NC(=O)C2CC2)ccc1N(C)C)c1ccccc1. The summed E-state index contributed by atoms with van der Waals surface area (Å²) in [6.45, 7) is 3.04. The summed E-state index contributed by atoms with van der Waals surface area (Å²) in [6, 6.07) is 26.1. The van der Waals surface area contributed by atoms with Crippen LogP contribution in [0.4, 0.5) is 11.4 Å². The van der Waals surface area contributed by atoms with Gasteiger partial charge in [-0.25, -0.2) is 0 Å². The molecule has 0 aliphatic heterocycles. The number of carbonyl (C=O) groups excluding carboxylic acids is 2. The second kappa shape index (κ2) is 11.2. The lowest BCUT2D eigenvalue weighted by molar-refractivity contribution is -0.134. The summed E-state index contributed by atoms with van der Waals surface area (Å²) in [5.41, 5.74) is 4.96. The molecule has 0 bridgehead atoms. The molecule has 0 heterocycles. The van der Waals surface area contributed by atoms with Crippen molar-refractivity contribution in [2.24, 2.45) is 5.92 Å². The van der Waals surface area contributed by atoms with Crippen molar-refractivity contribution in [1.29, 1.82) is 0 Å². The lowest BCUT2D eigenvalue weighted by Gasteiger charge is -2.29. The summed E-state index contributed by atoms with van der Waals surface area (Å²) < 4.78 is 0. The Labute approximate surface area is 208 Å². The Morgan fingerprint density at radius 1 is 0.914 bits per heavy atom. The van der Waals surface area contributed by atoms with Gasteiger partial charge in [-0.1, -0.05) is 67.6 Å². The number of anilines is 2. The molecule has 0 aromatic heterocycles. The third-order valence-corrected chi connectivity index (χ3v) is 6.57. The fraction of sp³-hybridized carbons (Fsp3) is 0.333. The van der Waals surface area contributed by atoms with E-state index in [9.17, 15) is 9.59 Å². The zero-order valence-electron chi connectivity index (χ0n) is 20.9. The van der Waals surface area contributed by atoms with Crippen LogP contribution in [0.2, 0.25) is 0 Å². The van der Waals surface area contributed by atoms with Crippen molar-refractivity contribution in [3.8, 4) is 0 Å². The van der Waals surface area contributed by atoms with E-state index in [1.165, 1.54) is 0 Å². The van der Waals surface area contributed by atoms with Crippen LogP contribution in [0, 0.1) is 5.92 Å². The maximum absolute atomic E-state index is 14.0. The van der Waals surface area contributed by atoms with E-state index in [1.807, 2.05) is 85.7 Å². The Bertz CT molecular complexity index is 1140. The predicted molar refractivity (Wildman–Crippen MR) is 142 cm³/mol. The first-order chi connectivity index (χ1) is 17.0. The minimum absolute atomic E-state index is 0.0842. The topological polar surface area (TPSA) is 52.7 Å². The number of hydrogen-bond donors (Lipinski definition) is 1. The second-order valence-electron chi connectivity index (χ2n) is 9.55. The maximum atomic E-state index is 14.0. The number of hydrogen-bond acceptors (Lipinski definition) is 3. The number of nitrogens with zero attached hydrogens (tertiary/aromatic N) is 2. The van der Waals surface area contributed by atoms with Gasteiger partial charge >= 0.3 is 0 Å². The molecule has 35 heavy (non-hydrogen) atoms. The van der Waals surface area contributed by atoms with E-state index in [-0.39, 0.29) is 23.7 Å². The quantitative estimate of drug-likeness (QED) is 0.407. The number of rotatable bonds is 10. The molecular weight excluding hydrogens is 434 g/mol. The first-order valence-corrected chi connectivity index (χ1v) is 12.4. The molecule has 3 aromatic carbocycles. The van der Waals surface area contributed by atoms with Gasteiger partial charge in [0.05, 0.1) is 5.92 Å². The molecule has 1 atom stereocenters. The van der Waals surface area contributed by atoms with E-state index < -0.39 is 0 Å². The summed E-state index contributed by atoms with van der Waals surface area (Å²) in [7, 11) is 4.01. The highest BCUT2D eigenvalue weighted by molar-refractivity contribution is 5.94. The van der Waals surface area contributed by atoms with Crippen molar-refractivity contribution in [2.45, 2.75) is 45.2 Å². The van der Waals surface area contributed by atoms with Crippen LogP contribution < -0.4 is 10.2 Å². The van der Waals surface area contributed by atoms with Gasteiger partial charge in [0.1, 0.15) is 0 Å². The molecule has 5 nitrogen and oxygen atoms in total. The van der Waals surface area contributed by atoms with Crippen LogP contribution in [0.3, 0.4) is 0 Å². The van der Waals surface area contributed by atoms with Gasteiger partial charge in [0.2, 0.25) is 11.8 Å². The summed E-state index contributed by atoms with van der Waals surface area (Å²) in [5, 5.41) is 3.06. The van der Waals surface area contributed by atoms with E-state index in [0.717, 1.165) is 47.3 Å². The van der Waals surface area contributed by atoms with Gasteiger partial charge in [0.25, 0.3) is 0 Å². The number of benzene rings is 3. The van der Waals surface area contributed by atoms with Gasteiger partial charge in [0, 0.05) is 44.5 Å². The highest BCUT2D eigenvalue weighted by Gasteiger charge is 2.30. The van der Waals surface area contributed by atoms with Crippen LogP contribution in [0.1, 0.15) is 48.8 Å². The van der Waals surface area contributed by atoms with Gasteiger partial charge in [0.15, 0.2) is 0 Å². The molecule has 1 aliphatic rings. The van der Waals surface area contributed by atoms with Gasteiger partial charge in [-0.15, -0.1) is 0 Å². The Morgan fingerprint density at radius 2 is 1.57 bits per heavy atom. The van der Waals surface area contributed by atoms with Crippen molar-refractivity contribution in [3.05, 3.63) is 95.6 Å². The smallest absolute Gasteiger partial charge is 0.230 e. The summed E-state index contributed by atoms with van der Waals surface area (Å²) in [4.78, 5) is 30.3. The van der Waals surface area contributed by atoms with Crippen molar-refractivity contribution >= 4 is 23.2 Å². The average molecular weight is 470 g/mol. The number of carbonyl (C=O) groups is 2. The molecule has 1 N–H and O–H groups in total. The normalized spacial score (nSPS) is 13.7. The third kappa shape index (κ3) is 6.30. The summed E-state index contributed by atoms with van der Waals surface area (Å²) in [5.74, 6) is 0.125. The van der Waals surface area contributed by atoms with Crippen molar-refractivity contribution in [1.82, 2.24) is 4.90 Å². The molecule has 0 unspecified atom stereocenters. The molecule has 1 saturated carbocycles. The van der Waals surface area contributed by atoms with Crippen LogP contribution in [-0.2, 0) is 22.7 Å². The molecule has 1 fully saturated rings. The fourth-order valence-corrected chi connectivity index (χ4v) is 4.50. The van der Waals surface area contributed by atoms with Crippen LogP contribution in [0.15, 0.2) is 78.9 Å². The molecule has 0 radical (unpaired) electrons. The van der Waals surface area contributed by atoms with E-state index in [0.29, 0.717) is 13.1 Å². The molecule has 5 heteroatoms. The third-order valence-electron chi connectivity index (χ3n) is 6.57. The Hall–Kier alpha value is -3.60. The molecule has 0 saturated heterocycles. The van der Waals surface area contributed by atoms with Gasteiger partial charge in [-0.05, 0) is 54.2 Å². The maximum Gasteiger partial charge on any atom is 0.230 e. The van der Waals surface area contributed by atoms with Gasteiger partial charge < -0.3 is 15.1 Å². The van der Waals surface area contributed by atoms with Crippen molar-refractivity contribution < 1.29 is 9.59 Å². The van der Waals surface area contributed by atoms with E-state index in [1.54, 1.807) is 0 Å². The Balaban J connectivity index is 1.66. The molecule has 4 rings (SSSR count). The van der Waals surface area contributed by atoms with Crippen LogP contribution in [0.5, 0.6) is 0 Å². The lowest BCUT2D eigenvalue weighted by Crippen LogP contribution is -2.34. The van der Waals surface area contributed by atoms with E-state index in [2.05, 4.69) is 29.3 Å². The summed E-state index contributed by atoms with van der Waals surface area (Å²) in [6.07, 6.45) is 2.66. The summed E-state index contributed by atoms with van der Waals surface area (Å²) >= 11 is 0. The Kier molecular flexibility index (Phi) is 7.86. The first kappa shape index (κ1) is 24.5. The molecule has 1 aliphatic carbocycles.